The van der Waals surface area contributed by atoms with E-state index in [2.05, 4.69) is 15.2 Å². The molecule has 0 unspecified atom stereocenters. The number of aryl methyl sites for hydroxylation is 1. The van der Waals surface area contributed by atoms with E-state index in [1.165, 1.54) is 7.05 Å². The first-order valence-electron chi connectivity index (χ1n) is 5.81. The van der Waals surface area contributed by atoms with Crippen LogP contribution in [0.25, 0.3) is 0 Å². The summed E-state index contributed by atoms with van der Waals surface area (Å²) in [5, 5.41) is 6.36. The average molecular weight is 317 g/mol. The number of hydrogen-bond acceptors (Lipinski definition) is 5. The zero-order valence-corrected chi connectivity index (χ0v) is 12.1. The van der Waals surface area contributed by atoms with E-state index in [0.717, 1.165) is 16.4 Å². The number of aromatic amines is 1. The van der Waals surface area contributed by atoms with E-state index in [0.29, 0.717) is 5.82 Å². The third-order valence-corrected chi connectivity index (χ3v) is 4.61. The van der Waals surface area contributed by atoms with E-state index in [-0.39, 0.29) is 12.4 Å². The normalized spacial score (nSPS) is 12.0. The largest absolute Gasteiger partial charge is 0.394 e. The number of anilines is 1. The van der Waals surface area contributed by atoms with Crippen molar-refractivity contribution in [2.24, 2.45) is 0 Å². The Morgan fingerprint density at radius 3 is 2.62 bits per heavy atom. The molecule has 0 aliphatic heterocycles. The Morgan fingerprint density at radius 2 is 2.05 bits per heavy atom. The van der Waals surface area contributed by atoms with Gasteiger partial charge in [-0.05, 0) is 19.1 Å². The van der Waals surface area contributed by atoms with Crippen LogP contribution in [0, 0.1) is 18.6 Å². The minimum Gasteiger partial charge on any atom is -0.394 e. The SMILES string of the molecule is Cc1nc(CN(C)S(=O)(=O)c2ccc(F)c(N)c2F)n[nH]1. The van der Waals surface area contributed by atoms with Crippen LogP contribution < -0.4 is 5.73 Å². The molecule has 2 aromatic rings. The molecule has 1 heterocycles. The molecule has 0 aliphatic rings. The van der Waals surface area contributed by atoms with Gasteiger partial charge in [-0.2, -0.15) is 9.40 Å². The lowest BCUT2D eigenvalue weighted by molar-refractivity contribution is 0.450. The molecule has 1 aromatic carbocycles. The van der Waals surface area contributed by atoms with Gasteiger partial charge in [0.15, 0.2) is 11.6 Å². The van der Waals surface area contributed by atoms with E-state index < -0.39 is 32.2 Å². The lowest BCUT2D eigenvalue weighted by atomic mass is 10.3. The summed E-state index contributed by atoms with van der Waals surface area (Å²) in [6.07, 6.45) is 0. The molecule has 0 radical (unpaired) electrons. The fourth-order valence-corrected chi connectivity index (χ4v) is 2.86. The monoisotopic (exact) mass is 317 g/mol. The molecular formula is C11H13F2N5O2S. The van der Waals surface area contributed by atoms with Crippen LogP contribution in [0.1, 0.15) is 11.6 Å². The molecule has 0 atom stereocenters. The molecule has 7 nitrogen and oxygen atoms in total. The molecule has 0 saturated heterocycles. The Bertz CT molecular complexity index is 775. The summed E-state index contributed by atoms with van der Waals surface area (Å²) in [4.78, 5) is 3.26. The van der Waals surface area contributed by atoms with Crippen molar-refractivity contribution in [2.75, 3.05) is 12.8 Å². The van der Waals surface area contributed by atoms with E-state index in [4.69, 9.17) is 5.73 Å². The zero-order valence-electron chi connectivity index (χ0n) is 11.3. The predicted molar refractivity (Wildman–Crippen MR) is 70.5 cm³/mol. The summed E-state index contributed by atoms with van der Waals surface area (Å²) in [6.45, 7) is 1.49. The van der Waals surface area contributed by atoms with E-state index >= 15 is 0 Å². The van der Waals surface area contributed by atoms with Crippen LogP contribution in [-0.4, -0.2) is 35.0 Å². The summed E-state index contributed by atoms with van der Waals surface area (Å²) >= 11 is 0. The lowest BCUT2D eigenvalue weighted by Crippen LogP contribution is -2.28. The first-order valence-corrected chi connectivity index (χ1v) is 7.25. The molecule has 2 rings (SSSR count). The van der Waals surface area contributed by atoms with E-state index in [9.17, 15) is 17.2 Å². The number of nitrogens with one attached hydrogen (secondary N) is 1. The lowest BCUT2D eigenvalue weighted by Gasteiger charge is -2.16. The van der Waals surface area contributed by atoms with Crippen molar-refractivity contribution in [3.8, 4) is 0 Å². The maximum absolute atomic E-state index is 13.9. The maximum Gasteiger partial charge on any atom is 0.246 e. The number of hydrogen-bond donors (Lipinski definition) is 2. The quantitative estimate of drug-likeness (QED) is 0.811. The van der Waals surface area contributed by atoms with Gasteiger partial charge in [0.2, 0.25) is 10.0 Å². The van der Waals surface area contributed by atoms with Crippen molar-refractivity contribution in [1.82, 2.24) is 19.5 Å². The molecule has 1 aromatic heterocycles. The highest BCUT2D eigenvalue weighted by Gasteiger charge is 2.27. The van der Waals surface area contributed by atoms with Gasteiger partial charge in [-0.1, -0.05) is 0 Å². The molecule has 10 heteroatoms. The van der Waals surface area contributed by atoms with Crippen molar-refractivity contribution in [2.45, 2.75) is 18.4 Å². The average Bonchev–Trinajstić information content (AvgIpc) is 2.81. The molecule has 21 heavy (non-hydrogen) atoms. The van der Waals surface area contributed by atoms with Gasteiger partial charge in [0.1, 0.15) is 22.2 Å². The smallest absolute Gasteiger partial charge is 0.246 e. The second kappa shape index (κ2) is 5.37. The number of halogens is 2. The summed E-state index contributed by atoms with van der Waals surface area (Å²) in [6, 6.07) is 1.63. The zero-order chi connectivity index (χ0) is 15.8. The fourth-order valence-electron chi connectivity index (χ4n) is 1.66. The highest BCUT2D eigenvalue weighted by atomic mass is 32.2. The predicted octanol–water partition coefficient (Wildman–Crippen LogP) is 0.794. The van der Waals surface area contributed by atoms with Crippen LogP contribution >= 0.6 is 0 Å². The van der Waals surface area contributed by atoms with Crippen LogP contribution in [0.4, 0.5) is 14.5 Å². The Morgan fingerprint density at radius 1 is 1.38 bits per heavy atom. The summed E-state index contributed by atoms with van der Waals surface area (Å²) in [5.41, 5.74) is 4.34. The van der Waals surface area contributed by atoms with E-state index in [1.807, 2.05) is 0 Å². The number of sulfonamides is 1. The third kappa shape index (κ3) is 2.85. The minimum absolute atomic E-state index is 0.163. The van der Waals surface area contributed by atoms with Crippen molar-refractivity contribution >= 4 is 15.7 Å². The summed E-state index contributed by atoms with van der Waals surface area (Å²) < 4.78 is 52.3. The molecular weight excluding hydrogens is 304 g/mol. The van der Waals surface area contributed by atoms with Crippen molar-refractivity contribution < 1.29 is 17.2 Å². The Kier molecular flexibility index (Phi) is 3.92. The van der Waals surface area contributed by atoms with Crippen LogP contribution in [-0.2, 0) is 16.6 Å². The van der Waals surface area contributed by atoms with Gasteiger partial charge < -0.3 is 5.73 Å². The van der Waals surface area contributed by atoms with Crippen LogP contribution in [0.5, 0.6) is 0 Å². The van der Waals surface area contributed by atoms with Gasteiger partial charge in [0, 0.05) is 7.05 Å². The van der Waals surface area contributed by atoms with Gasteiger partial charge in [-0.25, -0.2) is 22.2 Å². The number of rotatable bonds is 4. The Labute approximate surface area is 119 Å². The number of aromatic nitrogens is 3. The molecule has 0 bridgehead atoms. The molecule has 0 aliphatic carbocycles. The second-order valence-electron chi connectivity index (χ2n) is 4.37. The Hall–Kier alpha value is -2.07. The maximum atomic E-state index is 13.9. The number of nitrogen functional groups attached to an aromatic ring is 1. The molecule has 0 amide bonds. The van der Waals surface area contributed by atoms with Gasteiger partial charge in [0.25, 0.3) is 0 Å². The third-order valence-electron chi connectivity index (χ3n) is 2.79. The summed E-state index contributed by atoms with van der Waals surface area (Å²) in [7, 11) is -2.94. The van der Waals surface area contributed by atoms with Gasteiger partial charge in [0.05, 0.1) is 6.54 Å². The number of benzene rings is 1. The number of nitrogens with zero attached hydrogens (tertiary/aromatic N) is 3. The summed E-state index contributed by atoms with van der Waals surface area (Å²) in [5.74, 6) is -1.58. The van der Waals surface area contributed by atoms with Crippen LogP contribution in [0.15, 0.2) is 17.0 Å². The topological polar surface area (TPSA) is 105 Å². The second-order valence-corrected chi connectivity index (χ2v) is 6.38. The van der Waals surface area contributed by atoms with Crippen molar-refractivity contribution in [1.29, 1.82) is 0 Å². The highest BCUT2D eigenvalue weighted by Crippen LogP contribution is 2.25. The first kappa shape index (κ1) is 15.3. The van der Waals surface area contributed by atoms with Gasteiger partial charge in [-0.15, -0.1) is 0 Å². The number of H-pyrrole nitrogens is 1. The van der Waals surface area contributed by atoms with Crippen molar-refractivity contribution in [3.05, 3.63) is 35.4 Å². The molecule has 0 fully saturated rings. The van der Waals surface area contributed by atoms with Crippen molar-refractivity contribution in [3.63, 3.8) is 0 Å². The Balaban J connectivity index is 2.35. The molecule has 0 saturated carbocycles. The number of nitrogens with two attached hydrogens (primary N) is 1. The van der Waals surface area contributed by atoms with E-state index in [1.54, 1.807) is 6.92 Å². The minimum atomic E-state index is -4.18. The highest BCUT2D eigenvalue weighted by molar-refractivity contribution is 7.89. The first-order chi connectivity index (χ1) is 9.73. The standard InChI is InChI=1S/C11H13F2N5O2S/c1-6-15-9(17-16-6)5-18(2)21(19,20)8-4-3-7(12)11(14)10(8)13/h3-4H,5,14H2,1-2H3,(H,15,16,17). The van der Waals surface area contributed by atoms with Gasteiger partial charge in [-0.3, -0.25) is 5.10 Å². The molecule has 0 spiro atoms. The molecule has 114 valence electrons. The van der Waals surface area contributed by atoms with Gasteiger partial charge >= 0.3 is 0 Å². The fraction of sp³-hybridized carbons (Fsp3) is 0.273. The van der Waals surface area contributed by atoms with Crippen LogP contribution in [0.2, 0.25) is 0 Å². The van der Waals surface area contributed by atoms with Crippen LogP contribution in [0.3, 0.4) is 0 Å². The molecule has 3 N–H and O–H groups in total.